The molecular formula is C21H22N2O4S. The van der Waals surface area contributed by atoms with Crippen molar-refractivity contribution < 1.29 is 17.9 Å². The minimum Gasteiger partial charge on any atom is -0.497 e. The number of aryl methyl sites for hydroxylation is 1. The molecule has 0 aliphatic carbocycles. The van der Waals surface area contributed by atoms with Crippen LogP contribution in [-0.4, -0.2) is 49.2 Å². The van der Waals surface area contributed by atoms with Crippen LogP contribution in [0.3, 0.4) is 0 Å². The third kappa shape index (κ3) is 3.16. The summed E-state index contributed by atoms with van der Waals surface area (Å²) in [4.78, 5) is 14.5. The standard InChI is InChI=1S/C21H22N2O4S/c1-22-12-15(19-5-3-4-6-20(19)22)11-21(24)23-13-18(14-23)28(25,26)17-9-7-16(27-2)8-10-17/h3-10,12,18H,11,13-14H2,1-2H3. The first-order valence-electron chi connectivity index (χ1n) is 9.09. The lowest BCUT2D eigenvalue weighted by molar-refractivity contribution is -0.133. The molecule has 0 atom stereocenters. The summed E-state index contributed by atoms with van der Waals surface area (Å²) < 4.78 is 32.5. The van der Waals surface area contributed by atoms with E-state index >= 15 is 0 Å². The van der Waals surface area contributed by atoms with Gasteiger partial charge in [-0.15, -0.1) is 0 Å². The van der Waals surface area contributed by atoms with Crippen molar-refractivity contribution in [3.8, 4) is 5.75 Å². The number of para-hydroxylation sites is 1. The molecule has 1 aromatic heterocycles. The fourth-order valence-corrected chi connectivity index (χ4v) is 5.29. The maximum atomic E-state index is 12.7. The van der Waals surface area contributed by atoms with Crippen molar-refractivity contribution in [2.45, 2.75) is 16.6 Å². The molecule has 0 unspecified atom stereocenters. The molecule has 6 nitrogen and oxygen atoms in total. The molecule has 0 N–H and O–H groups in total. The van der Waals surface area contributed by atoms with E-state index in [1.165, 1.54) is 7.11 Å². The van der Waals surface area contributed by atoms with Gasteiger partial charge in [-0.3, -0.25) is 4.79 Å². The van der Waals surface area contributed by atoms with Gasteiger partial charge in [0.25, 0.3) is 0 Å². The summed E-state index contributed by atoms with van der Waals surface area (Å²) in [5, 5.41) is 0.499. The smallest absolute Gasteiger partial charge is 0.227 e. The van der Waals surface area contributed by atoms with Gasteiger partial charge in [-0.2, -0.15) is 0 Å². The Kier molecular flexibility index (Phi) is 4.63. The SMILES string of the molecule is COc1ccc(S(=O)(=O)C2CN(C(=O)Cc3cn(C)c4ccccc34)C2)cc1. The van der Waals surface area contributed by atoms with Gasteiger partial charge in [-0.05, 0) is 35.9 Å². The predicted octanol–water partition coefficient (Wildman–Crippen LogP) is 2.41. The molecule has 0 bridgehead atoms. The molecule has 7 heteroatoms. The second-order valence-corrected chi connectivity index (χ2v) is 9.33. The maximum Gasteiger partial charge on any atom is 0.227 e. The highest BCUT2D eigenvalue weighted by molar-refractivity contribution is 7.92. The van der Waals surface area contributed by atoms with Crippen molar-refractivity contribution in [1.82, 2.24) is 9.47 Å². The van der Waals surface area contributed by atoms with Gasteiger partial charge in [0.15, 0.2) is 9.84 Å². The zero-order valence-electron chi connectivity index (χ0n) is 15.8. The molecule has 2 aromatic carbocycles. The average molecular weight is 398 g/mol. The summed E-state index contributed by atoms with van der Waals surface area (Å²) >= 11 is 0. The first-order valence-corrected chi connectivity index (χ1v) is 10.6. The van der Waals surface area contributed by atoms with Crippen molar-refractivity contribution in [3.63, 3.8) is 0 Å². The second kappa shape index (κ2) is 6.98. The molecule has 0 radical (unpaired) electrons. The van der Waals surface area contributed by atoms with E-state index < -0.39 is 15.1 Å². The molecular weight excluding hydrogens is 376 g/mol. The van der Waals surface area contributed by atoms with Gasteiger partial charge < -0.3 is 14.2 Å². The summed E-state index contributed by atoms with van der Waals surface area (Å²) in [6.45, 7) is 0.468. The zero-order chi connectivity index (χ0) is 19.9. The van der Waals surface area contributed by atoms with E-state index in [-0.39, 0.29) is 30.3 Å². The van der Waals surface area contributed by atoms with Gasteiger partial charge in [0.2, 0.25) is 5.91 Å². The van der Waals surface area contributed by atoms with E-state index in [0.717, 1.165) is 16.5 Å². The number of benzene rings is 2. The number of amides is 1. The Hall–Kier alpha value is -2.80. The number of rotatable bonds is 5. The van der Waals surface area contributed by atoms with Crippen molar-refractivity contribution in [3.05, 3.63) is 60.3 Å². The van der Waals surface area contributed by atoms with Gasteiger partial charge in [0.1, 0.15) is 11.0 Å². The highest BCUT2D eigenvalue weighted by Crippen LogP contribution is 2.27. The zero-order valence-corrected chi connectivity index (χ0v) is 16.6. The van der Waals surface area contributed by atoms with Crippen molar-refractivity contribution >= 4 is 26.6 Å². The van der Waals surface area contributed by atoms with Crippen LogP contribution in [0.5, 0.6) is 5.75 Å². The van der Waals surface area contributed by atoms with E-state index in [4.69, 9.17) is 4.74 Å². The number of ether oxygens (including phenoxy) is 1. The molecule has 3 aromatic rings. The number of fused-ring (bicyclic) bond motifs is 1. The van der Waals surface area contributed by atoms with Gasteiger partial charge in [-0.1, -0.05) is 18.2 Å². The third-order valence-corrected chi connectivity index (χ3v) is 7.45. The van der Waals surface area contributed by atoms with Gasteiger partial charge in [0, 0.05) is 37.2 Å². The van der Waals surface area contributed by atoms with E-state index in [0.29, 0.717) is 5.75 Å². The van der Waals surface area contributed by atoms with Gasteiger partial charge in [-0.25, -0.2) is 8.42 Å². The second-order valence-electron chi connectivity index (χ2n) is 7.10. The van der Waals surface area contributed by atoms with E-state index in [1.54, 1.807) is 29.2 Å². The summed E-state index contributed by atoms with van der Waals surface area (Å²) in [5.41, 5.74) is 2.04. The molecule has 1 saturated heterocycles. The highest BCUT2D eigenvalue weighted by atomic mass is 32.2. The van der Waals surface area contributed by atoms with Crippen molar-refractivity contribution in [2.24, 2.45) is 7.05 Å². The third-order valence-electron chi connectivity index (χ3n) is 5.35. The first kappa shape index (κ1) is 18.6. The Morgan fingerprint density at radius 3 is 2.46 bits per heavy atom. The predicted molar refractivity (Wildman–Crippen MR) is 107 cm³/mol. The lowest BCUT2D eigenvalue weighted by atomic mass is 10.1. The average Bonchev–Trinajstić information content (AvgIpc) is 2.96. The molecule has 28 heavy (non-hydrogen) atoms. The molecule has 146 valence electrons. The Morgan fingerprint density at radius 2 is 1.79 bits per heavy atom. The number of carbonyl (C=O) groups excluding carboxylic acids is 1. The molecule has 1 aliphatic heterocycles. The van der Waals surface area contributed by atoms with E-state index in [9.17, 15) is 13.2 Å². The molecule has 4 rings (SSSR count). The monoisotopic (exact) mass is 398 g/mol. The molecule has 1 amide bonds. The Morgan fingerprint density at radius 1 is 1.11 bits per heavy atom. The first-order chi connectivity index (χ1) is 13.4. The Labute approximate surface area is 164 Å². The molecule has 1 fully saturated rings. The van der Waals surface area contributed by atoms with Crippen LogP contribution in [-0.2, 0) is 28.1 Å². The normalized spacial score (nSPS) is 14.9. The Bertz CT molecular complexity index is 1130. The summed E-state index contributed by atoms with van der Waals surface area (Å²) in [6, 6.07) is 14.3. The Balaban J connectivity index is 1.43. The van der Waals surface area contributed by atoms with Crippen molar-refractivity contribution in [1.29, 1.82) is 0 Å². The quantitative estimate of drug-likeness (QED) is 0.662. The van der Waals surface area contributed by atoms with Crippen LogP contribution in [0.4, 0.5) is 0 Å². The van der Waals surface area contributed by atoms with Crippen LogP contribution >= 0.6 is 0 Å². The number of likely N-dealkylation sites (tertiary alicyclic amines) is 1. The van der Waals surface area contributed by atoms with Crippen LogP contribution in [0.2, 0.25) is 0 Å². The van der Waals surface area contributed by atoms with Crippen LogP contribution in [0.1, 0.15) is 5.56 Å². The number of sulfone groups is 1. The summed E-state index contributed by atoms with van der Waals surface area (Å²) in [6.07, 6.45) is 2.24. The van der Waals surface area contributed by atoms with Gasteiger partial charge >= 0.3 is 0 Å². The van der Waals surface area contributed by atoms with Crippen LogP contribution in [0.25, 0.3) is 10.9 Å². The van der Waals surface area contributed by atoms with Crippen LogP contribution in [0, 0.1) is 0 Å². The lowest BCUT2D eigenvalue weighted by Gasteiger charge is -2.38. The minimum absolute atomic E-state index is 0.0440. The van der Waals surface area contributed by atoms with E-state index in [1.807, 2.05) is 42.1 Å². The number of carbonyl (C=O) groups is 1. The lowest BCUT2D eigenvalue weighted by Crippen LogP contribution is -2.57. The number of nitrogens with zero attached hydrogens (tertiary/aromatic N) is 2. The van der Waals surface area contributed by atoms with Crippen molar-refractivity contribution in [2.75, 3.05) is 20.2 Å². The topological polar surface area (TPSA) is 68.6 Å². The van der Waals surface area contributed by atoms with Crippen LogP contribution < -0.4 is 4.74 Å². The largest absolute Gasteiger partial charge is 0.497 e. The number of aromatic nitrogens is 1. The fraction of sp³-hybridized carbons (Fsp3) is 0.286. The van der Waals surface area contributed by atoms with Gasteiger partial charge in [0.05, 0.1) is 18.4 Å². The number of methoxy groups -OCH3 is 1. The molecule has 0 saturated carbocycles. The van der Waals surface area contributed by atoms with E-state index in [2.05, 4.69) is 0 Å². The summed E-state index contributed by atoms with van der Waals surface area (Å²) in [5.74, 6) is 0.567. The summed E-state index contributed by atoms with van der Waals surface area (Å²) in [7, 11) is 0.0417. The number of hydrogen-bond acceptors (Lipinski definition) is 4. The highest BCUT2D eigenvalue weighted by Gasteiger charge is 2.40. The number of hydrogen-bond donors (Lipinski definition) is 0. The maximum absolute atomic E-state index is 12.7. The minimum atomic E-state index is -3.45. The molecule has 2 heterocycles. The molecule has 0 spiro atoms. The fourth-order valence-electron chi connectivity index (χ4n) is 3.64. The van der Waals surface area contributed by atoms with Crippen LogP contribution in [0.15, 0.2) is 59.6 Å². The molecule has 1 aliphatic rings.